The Hall–Kier alpha value is -3.46. The Morgan fingerprint density at radius 1 is 1.10 bits per heavy atom. The van der Waals surface area contributed by atoms with Crippen molar-refractivity contribution in [3.63, 3.8) is 0 Å². The van der Waals surface area contributed by atoms with E-state index in [1.165, 1.54) is 12.1 Å². The minimum Gasteiger partial charge on any atom is -0.337 e. The van der Waals surface area contributed by atoms with E-state index in [0.717, 1.165) is 11.8 Å². The Bertz CT molecular complexity index is 1170. The highest BCUT2D eigenvalue weighted by atomic mass is 32.2. The molecule has 1 aromatic heterocycles. The van der Waals surface area contributed by atoms with Gasteiger partial charge >= 0.3 is 0 Å². The van der Waals surface area contributed by atoms with Crippen LogP contribution in [-0.2, 0) is 21.2 Å². The quantitative estimate of drug-likeness (QED) is 0.604. The maximum atomic E-state index is 12.7. The van der Waals surface area contributed by atoms with Crippen LogP contribution in [0.25, 0.3) is 0 Å². The molecule has 0 saturated heterocycles. The number of hydrogen-bond donors (Lipinski definition) is 2. The Labute approximate surface area is 174 Å². The van der Waals surface area contributed by atoms with E-state index in [-0.39, 0.29) is 17.2 Å². The predicted octanol–water partition coefficient (Wildman–Crippen LogP) is 2.88. The summed E-state index contributed by atoms with van der Waals surface area (Å²) in [5.41, 5.74) is 1.99. The molecule has 1 heterocycles. The lowest BCUT2D eigenvalue weighted by Crippen LogP contribution is -2.16. The van der Waals surface area contributed by atoms with Crippen molar-refractivity contribution >= 4 is 33.0 Å². The van der Waals surface area contributed by atoms with Crippen molar-refractivity contribution in [2.45, 2.75) is 24.8 Å². The fourth-order valence-electron chi connectivity index (χ4n) is 2.77. The molecule has 8 nitrogen and oxygen atoms in total. The average Bonchev–Trinajstić information content (AvgIpc) is 3.21. The number of benzene rings is 2. The van der Waals surface area contributed by atoms with Crippen molar-refractivity contribution in [2.24, 2.45) is 0 Å². The molecule has 0 aliphatic heterocycles. The maximum Gasteiger partial charge on any atom is 0.255 e. The van der Waals surface area contributed by atoms with Crippen LogP contribution >= 0.6 is 0 Å². The summed E-state index contributed by atoms with van der Waals surface area (Å²) in [5.74, 6) is -0.587. The van der Waals surface area contributed by atoms with Gasteiger partial charge in [0.25, 0.3) is 5.91 Å². The molecule has 3 rings (SSSR count). The summed E-state index contributed by atoms with van der Waals surface area (Å²) in [4.78, 5) is 28.9. The molecule has 0 unspecified atom stereocenters. The summed E-state index contributed by atoms with van der Waals surface area (Å²) < 4.78 is 25.3. The van der Waals surface area contributed by atoms with Crippen LogP contribution < -0.4 is 10.6 Å². The summed E-state index contributed by atoms with van der Waals surface area (Å²) >= 11 is 0. The van der Waals surface area contributed by atoms with Gasteiger partial charge in [-0.05, 0) is 42.8 Å². The van der Waals surface area contributed by atoms with E-state index in [1.807, 2.05) is 0 Å². The number of aromatic nitrogens is 2. The lowest BCUT2D eigenvalue weighted by Gasteiger charge is -2.11. The molecule has 0 radical (unpaired) electrons. The van der Waals surface area contributed by atoms with E-state index in [4.69, 9.17) is 0 Å². The first-order chi connectivity index (χ1) is 14.2. The Morgan fingerprint density at radius 3 is 2.60 bits per heavy atom. The van der Waals surface area contributed by atoms with Crippen molar-refractivity contribution in [1.82, 2.24) is 9.55 Å². The van der Waals surface area contributed by atoms with Crippen LogP contribution in [0.1, 0.15) is 22.3 Å². The first kappa shape index (κ1) is 21.3. The minimum atomic E-state index is -3.39. The zero-order valence-electron chi connectivity index (χ0n) is 16.6. The summed E-state index contributed by atoms with van der Waals surface area (Å²) in [7, 11) is -3.39. The fourth-order valence-corrected chi connectivity index (χ4v) is 3.42. The lowest BCUT2D eigenvalue weighted by atomic mass is 10.1. The molecule has 156 valence electrons. The van der Waals surface area contributed by atoms with Gasteiger partial charge in [0.05, 0.1) is 11.2 Å². The van der Waals surface area contributed by atoms with Crippen molar-refractivity contribution in [3.05, 3.63) is 72.3 Å². The van der Waals surface area contributed by atoms with Crippen molar-refractivity contribution in [1.29, 1.82) is 0 Å². The third-order valence-corrected chi connectivity index (χ3v) is 5.56. The highest BCUT2D eigenvalue weighted by Crippen LogP contribution is 2.21. The summed E-state index contributed by atoms with van der Waals surface area (Å²) in [6.07, 6.45) is 6.44. The summed E-state index contributed by atoms with van der Waals surface area (Å²) in [6, 6.07) is 11.1. The molecule has 2 aromatic carbocycles. The molecule has 30 heavy (non-hydrogen) atoms. The van der Waals surface area contributed by atoms with Crippen LogP contribution in [-0.4, -0.2) is 36.0 Å². The second-order valence-electron chi connectivity index (χ2n) is 6.88. The fraction of sp³-hybridized carbons (Fsp3) is 0.190. The summed E-state index contributed by atoms with van der Waals surface area (Å²) in [6.45, 7) is 2.28. The van der Waals surface area contributed by atoms with Gasteiger partial charge in [0.1, 0.15) is 0 Å². The highest BCUT2D eigenvalue weighted by molar-refractivity contribution is 7.90. The third kappa shape index (κ3) is 5.54. The number of imidazole rings is 1. The molecule has 0 bridgehead atoms. The zero-order valence-corrected chi connectivity index (χ0v) is 17.4. The van der Waals surface area contributed by atoms with E-state index in [9.17, 15) is 18.0 Å². The number of aryl methyl sites for hydroxylation is 2. The number of carbonyl (C=O) groups excluding carboxylic acids is 2. The molecule has 0 aliphatic rings. The number of nitrogens with one attached hydrogen (secondary N) is 2. The van der Waals surface area contributed by atoms with Gasteiger partial charge in [-0.25, -0.2) is 13.4 Å². The minimum absolute atomic E-state index is 0.127. The van der Waals surface area contributed by atoms with Gasteiger partial charge in [-0.15, -0.1) is 0 Å². The number of amides is 2. The van der Waals surface area contributed by atoms with E-state index in [0.29, 0.717) is 23.5 Å². The normalized spacial score (nSPS) is 11.1. The van der Waals surface area contributed by atoms with Crippen LogP contribution in [0.5, 0.6) is 0 Å². The van der Waals surface area contributed by atoms with Gasteiger partial charge in [0.2, 0.25) is 5.91 Å². The monoisotopic (exact) mass is 426 g/mol. The molecule has 0 aliphatic carbocycles. The van der Waals surface area contributed by atoms with Crippen LogP contribution in [0.15, 0.2) is 66.1 Å². The van der Waals surface area contributed by atoms with E-state index < -0.39 is 15.7 Å². The Morgan fingerprint density at radius 2 is 1.90 bits per heavy atom. The van der Waals surface area contributed by atoms with Crippen molar-refractivity contribution < 1.29 is 18.0 Å². The predicted molar refractivity (Wildman–Crippen MR) is 114 cm³/mol. The summed E-state index contributed by atoms with van der Waals surface area (Å²) in [5, 5.41) is 5.51. The lowest BCUT2D eigenvalue weighted by molar-refractivity contribution is -0.116. The Balaban J connectivity index is 1.68. The third-order valence-electron chi connectivity index (χ3n) is 4.45. The molecule has 0 atom stereocenters. The first-order valence-electron chi connectivity index (χ1n) is 9.20. The average molecular weight is 426 g/mol. The molecule has 3 aromatic rings. The smallest absolute Gasteiger partial charge is 0.255 e. The Kier molecular flexibility index (Phi) is 6.31. The van der Waals surface area contributed by atoms with Crippen LogP contribution in [0, 0.1) is 6.92 Å². The highest BCUT2D eigenvalue weighted by Gasteiger charge is 2.13. The van der Waals surface area contributed by atoms with Crippen LogP contribution in [0.4, 0.5) is 11.4 Å². The molecule has 9 heteroatoms. The standard InChI is InChI=1S/C21H22N4O4S/c1-15-6-7-18(30(2,28)29)13-19(15)24-21(27)16-4-3-5-17(12-16)23-20(26)8-10-25-11-9-22-14-25/h3-7,9,11-14H,8,10H2,1-2H3,(H,23,26)(H,24,27). The number of sulfone groups is 1. The zero-order chi connectivity index (χ0) is 21.7. The van der Waals surface area contributed by atoms with Gasteiger partial charge in [0, 0.05) is 48.6 Å². The van der Waals surface area contributed by atoms with E-state index in [2.05, 4.69) is 15.6 Å². The number of rotatable bonds is 7. The van der Waals surface area contributed by atoms with E-state index in [1.54, 1.807) is 60.5 Å². The maximum absolute atomic E-state index is 12.7. The van der Waals surface area contributed by atoms with Gasteiger partial charge < -0.3 is 15.2 Å². The molecule has 0 fully saturated rings. The van der Waals surface area contributed by atoms with Gasteiger partial charge in [-0.1, -0.05) is 12.1 Å². The van der Waals surface area contributed by atoms with E-state index >= 15 is 0 Å². The van der Waals surface area contributed by atoms with Gasteiger partial charge in [-0.3, -0.25) is 9.59 Å². The first-order valence-corrected chi connectivity index (χ1v) is 11.1. The number of carbonyl (C=O) groups is 2. The van der Waals surface area contributed by atoms with Crippen molar-refractivity contribution in [2.75, 3.05) is 16.9 Å². The molecule has 2 amide bonds. The van der Waals surface area contributed by atoms with Crippen molar-refractivity contribution in [3.8, 4) is 0 Å². The van der Waals surface area contributed by atoms with Crippen LogP contribution in [0.2, 0.25) is 0 Å². The topological polar surface area (TPSA) is 110 Å². The van der Waals surface area contributed by atoms with Crippen LogP contribution in [0.3, 0.4) is 0 Å². The van der Waals surface area contributed by atoms with Gasteiger partial charge in [-0.2, -0.15) is 0 Å². The number of nitrogens with zero attached hydrogens (tertiary/aromatic N) is 2. The van der Waals surface area contributed by atoms with Gasteiger partial charge in [0.15, 0.2) is 9.84 Å². The number of anilines is 2. The molecule has 0 spiro atoms. The number of hydrogen-bond acceptors (Lipinski definition) is 5. The molecular formula is C21H22N4O4S. The SMILES string of the molecule is Cc1ccc(S(C)(=O)=O)cc1NC(=O)c1cccc(NC(=O)CCn2ccnc2)c1. The molecule has 0 saturated carbocycles. The largest absolute Gasteiger partial charge is 0.337 e. The molecule has 2 N–H and O–H groups in total. The second kappa shape index (κ2) is 8.91. The molecular weight excluding hydrogens is 404 g/mol. The second-order valence-corrected chi connectivity index (χ2v) is 8.90.